The van der Waals surface area contributed by atoms with Gasteiger partial charge >= 0.3 is 0 Å². The Hall–Kier alpha value is -0.410. The minimum absolute atomic E-state index is 0. The highest BCUT2D eigenvalue weighted by atomic mass is 35.5. The molecular weight excluding hydrogens is 346 g/mol. The van der Waals surface area contributed by atoms with E-state index in [1.807, 2.05) is 0 Å². The monoisotopic (exact) mass is 381 g/mol. The second-order valence-electron chi connectivity index (χ2n) is 11.0. The number of rotatable bonds is 4. The second-order valence-corrected chi connectivity index (χ2v) is 11.0. The predicted molar refractivity (Wildman–Crippen MR) is 106 cm³/mol. The number of hydrogen-bond acceptors (Lipinski definition) is 3. The molecule has 0 aromatic carbocycles. The maximum Gasteiger partial charge on any atom is 0.143 e. The third kappa shape index (κ3) is 2.11. The molecule has 4 heteroatoms. The zero-order valence-electron chi connectivity index (χ0n) is 17.3. The molecule has 4 bridgehead atoms. The van der Waals surface area contributed by atoms with Gasteiger partial charge in [-0.3, -0.25) is 9.59 Å². The lowest BCUT2D eigenvalue weighted by atomic mass is 9.70. The van der Waals surface area contributed by atoms with Crippen LogP contribution in [0.5, 0.6) is 0 Å². The lowest BCUT2D eigenvalue weighted by Crippen LogP contribution is -2.40. The quantitative estimate of drug-likeness (QED) is 0.790. The fraction of sp³-hybridized carbons (Fsp3) is 0.909. The normalized spacial score (nSPS) is 47.5. The fourth-order valence-corrected chi connectivity index (χ4v) is 7.41. The smallest absolute Gasteiger partial charge is 0.143 e. The van der Waals surface area contributed by atoms with Crippen LogP contribution in [-0.4, -0.2) is 24.7 Å². The first-order valence-corrected chi connectivity index (χ1v) is 10.3. The van der Waals surface area contributed by atoms with Crippen LogP contribution >= 0.6 is 12.4 Å². The van der Waals surface area contributed by atoms with Crippen molar-refractivity contribution in [3.8, 4) is 0 Å². The van der Waals surface area contributed by atoms with Crippen molar-refractivity contribution in [3.05, 3.63) is 0 Å². The number of ketones is 2. The highest BCUT2D eigenvalue weighted by Crippen LogP contribution is 2.66. The molecule has 148 valence electrons. The summed E-state index contributed by atoms with van der Waals surface area (Å²) in [6, 6.07) is 0. The summed E-state index contributed by atoms with van der Waals surface area (Å²) in [7, 11) is 0. The summed E-state index contributed by atoms with van der Waals surface area (Å²) < 4.78 is 0. The number of hydrogen-bond donors (Lipinski definition) is 1. The Labute approximate surface area is 164 Å². The lowest BCUT2D eigenvalue weighted by molar-refractivity contribution is -0.131. The zero-order chi connectivity index (χ0) is 18.4. The van der Waals surface area contributed by atoms with Crippen LogP contribution in [0.15, 0.2) is 0 Å². The van der Waals surface area contributed by atoms with Gasteiger partial charge in [-0.1, -0.05) is 41.5 Å². The Balaban J connectivity index is 0.00000196. The van der Waals surface area contributed by atoms with Crippen LogP contribution in [0.1, 0.15) is 67.2 Å². The van der Waals surface area contributed by atoms with E-state index in [1.165, 1.54) is 12.8 Å². The standard InChI is InChI=1S/C22H35NO2.ClH/c1-19(2)15-7-9-21(19,5)17(24)13(15)11-23-12-14-16-8-10-22(6,18(14)25)20(16,3)4;/h13-16,23H,7-12H2,1-6H3;1H. The third-order valence-corrected chi connectivity index (χ3v) is 10.1. The summed E-state index contributed by atoms with van der Waals surface area (Å²) in [5, 5.41) is 3.57. The van der Waals surface area contributed by atoms with Gasteiger partial charge in [0, 0.05) is 35.8 Å². The summed E-state index contributed by atoms with van der Waals surface area (Å²) in [4.78, 5) is 25.9. The highest BCUT2D eigenvalue weighted by Gasteiger charge is 2.67. The molecule has 0 radical (unpaired) electrons. The van der Waals surface area contributed by atoms with Crippen molar-refractivity contribution in [2.45, 2.75) is 67.2 Å². The first-order chi connectivity index (χ1) is 11.5. The van der Waals surface area contributed by atoms with Crippen LogP contribution in [0.2, 0.25) is 0 Å². The summed E-state index contributed by atoms with van der Waals surface area (Å²) in [5.41, 5.74) is -0.0360. The second kappa shape index (κ2) is 5.80. The van der Waals surface area contributed by atoms with E-state index in [2.05, 4.69) is 46.9 Å². The molecular formula is C22H36ClNO2. The first-order valence-electron chi connectivity index (χ1n) is 10.3. The van der Waals surface area contributed by atoms with Crippen molar-refractivity contribution < 1.29 is 9.59 Å². The summed E-state index contributed by atoms with van der Waals surface area (Å²) in [6.07, 6.45) is 4.46. The van der Waals surface area contributed by atoms with Crippen LogP contribution in [0.4, 0.5) is 0 Å². The van der Waals surface area contributed by atoms with Gasteiger partial charge in [0.1, 0.15) is 11.6 Å². The van der Waals surface area contributed by atoms with Crippen molar-refractivity contribution in [3.63, 3.8) is 0 Å². The van der Waals surface area contributed by atoms with Crippen molar-refractivity contribution >= 4 is 24.0 Å². The van der Waals surface area contributed by atoms with Crippen molar-refractivity contribution in [1.82, 2.24) is 5.32 Å². The number of fused-ring (bicyclic) bond motifs is 4. The van der Waals surface area contributed by atoms with Crippen LogP contribution < -0.4 is 5.32 Å². The molecule has 4 saturated carbocycles. The van der Waals surface area contributed by atoms with Crippen LogP contribution in [0, 0.1) is 45.3 Å². The number of halogens is 1. The van der Waals surface area contributed by atoms with E-state index in [9.17, 15) is 9.59 Å². The van der Waals surface area contributed by atoms with Gasteiger partial charge in [0.15, 0.2) is 0 Å². The van der Waals surface area contributed by atoms with Gasteiger partial charge in [0.05, 0.1) is 0 Å². The Morgan fingerprint density at radius 3 is 1.38 bits per heavy atom. The van der Waals surface area contributed by atoms with Crippen LogP contribution in [0.25, 0.3) is 0 Å². The van der Waals surface area contributed by atoms with Gasteiger partial charge in [-0.05, 0) is 48.3 Å². The number of carbonyl (C=O) groups is 2. The first kappa shape index (κ1) is 20.3. The third-order valence-electron chi connectivity index (χ3n) is 10.1. The summed E-state index contributed by atoms with van der Waals surface area (Å²) >= 11 is 0. The Morgan fingerprint density at radius 2 is 1.12 bits per heavy atom. The predicted octanol–water partition coefficient (Wildman–Crippen LogP) is 4.28. The largest absolute Gasteiger partial charge is 0.315 e. The molecule has 4 aliphatic rings. The SMILES string of the molecule is CC12CCC(C(CNCC3C(=O)C4(C)CCC3C4(C)C)C1=O)C2(C)C.Cl. The van der Waals surface area contributed by atoms with E-state index in [1.54, 1.807) is 0 Å². The minimum atomic E-state index is -0.137. The Morgan fingerprint density at radius 1 is 0.769 bits per heavy atom. The molecule has 6 unspecified atom stereocenters. The van der Waals surface area contributed by atoms with Crippen molar-refractivity contribution in [2.75, 3.05) is 13.1 Å². The number of carbonyl (C=O) groups excluding carboxylic acids is 2. The Bertz CT molecular complexity index is 588. The maximum absolute atomic E-state index is 13.0. The van der Waals surface area contributed by atoms with E-state index >= 15 is 0 Å². The molecule has 0 saturated heterocycles. The van der Waals surface area contributed by atoms with E-state index in [-0.39, 0.29) is 45.9 Å². The van der Waals surface area contributed by atoms with E-state index in [0.717, 1.165) is 25.9 Å². The molecule has 26 heavy (non-hydrogen) atoms. The molecule has 0 aliphatic heterocycles. The summed E-state index contributed by atoms with van der Waals surface area (Å²) in [5.74, 6) is 2.22. The van der Waals surface area contributed by atoms with Crippen molar-refractivity contribution in [2.24, 2.45) is 45.3 Å². The van der Waals surface area contributed by atoms with Gasteiger partial charge in [0.25, 0.3) is 0 Å². The van der Waals surface area contributed by atoms with Gasteiger partial charge in [-0.25, -0.2) is 0 Å². The average molecular weight is 382 g/mol. The Kier molecular flexibility index (Phi) is 4.53. The molecule has 4 aliphatic carbocycles. The van der Waals surface area contributed by atoms with Gasteiger partial charge < -0.3 is 5.32 Å². The minimum Gasteiger partial charge on any atom is -0.315 e. The molecule has 6 atom stereocenters. The molecule has 3 nitrogen and oxygen atoms in total. The highest BCUT2D eigenvalue weighted by molar-refractivity contribution is 5.92. The number of nitrogens with one attached hydrogen (secondary N) is 1. The molecule has 4 rings (SSSR count). The topological polar surface area (TPSA) is 46.2 Å². The zero-order valence-corrected chi connectivity index (χ0v) is 18.1. The van der Waals surface area contributed by atoms with Crippen molar-refractivity contribution in [1.29, 1.82) is 0 Å². The van der Waals surface area contributed by atoms with Gasteiger partial charge in [-0.2, -0.15) is 0 Å². The van der Waals surface area contributed by atoms with Gasteiger partial charge in [-0.15, -0.1) is 12.4 Å². The molecule has 0 spiro atoms. The molecule has 0 amide bonds. The lowest BCUT2D eigenvalue weighted by Gasteiger charge is -2.32. The molecule has 4 fully saturated rings. The van der Waals surface area contributed by atoms with Gasteiger partial charge in [0.2, 0.25) is 0 Å². The van der Waals surface area contributed by atoms with E-state index in [4.69, 9.17) is 0 Å². The maximum atomic E-state index is 13.0. The van der Waals surface area contributed by atoms with E-state index < -0.39 is 0 Å². The molecule has 1 N–H and O–H groups in total. The molecule has 0 heterocycles. The van der Waals surface area contributed by atoms with Crippen LogP contribution in [0.3, 0.4) is 0 Å². The molecule has 0 aromatic rings. The van der Waals surface area contributed by atoms with Crippen LogP contribution in [-0.2, 0) is 9.59 Å². The summed E-state index contributed by atoms with van der Waals surface area (Å²) in [6.45, 7) is 15.0. The number of Topliss-reactive ketones (excluding diaryl/α,β-unsaturated/α-hetero) is 2. The van der Waals surface area contributed by atoms with E-state index in [0.29, 0.717) is 23.4 Å². The average Bonchev–Trinajstić information content (AvgIpc) is 3.01. The molecule has 0 aromatic heterocycles. The fourth-order valence-electron chi connectivity index (χ4n) is 7.41.